The lowest BCUT2D eigenvalue weighted by atomic mass is 10.00. The van der Waals surface area contributed by atoms with Gasteiger partial charge in [-0.05, 0) is 49.7 Å². The van der Waals surface area contributed by atoms with Crippen LogP contribution in [0.4, 0.5) is 0 Å². The highest BCUT2D eigenvalue weighted by Gasteiger charge is 2.33. The van der Waals surface area contributed by atoms with Crippen LogP contribution in [0.15, 0.2) is 40.6 Å². The summed E-state index contributed by atoms with van der Waals surface area (Å²) in [5.74, 6) is 1.75. The van der Waals surface area contributed by atoms with Gasteiger partial charge in [0.05, 0.1) is 18.8 Å². The molecule has 1 fully saturated rings. The summed E-state index contributed by atoms with van der Waals surface area (Å²) in [7, 11) is 0. The Hall–Kier alpha value is -2.19. The maximum Gasteiger partial charge on any atom is 0.231 e. The van der Waals surface area contributed by atoms with Crippen LogP contribution >= 0.6 is 15.9 Å². The molecule has 1 saturated heterocycles. The van der Waals surface area contributed by atoms with Gasteiger partial charge in [0.2, 0.25) is 5.78 Å². The molecule has 0 aromatic heterocycles. The van der Waals surface area contributed by atoms with Gasteiger partial charge in [0.1, 0.15) is 18.2 Å². The molecule has 0 saturated carbocycles. The van der Waals surface area contributed by atoms with Crippen molar-refractivity contribution < 1.29 is 19.0 Å². The summed E-state index contributed by atoms with van der Waals surface area (Å²) in [5, 5.41) is 0. The number of halogens is 1. The zero-order chi connectivity index (χ0) is 22.1. The van der Waals surface area contributed by atoms with Crippen molar-refractivity contribution in [2.45, 2.75) is 19.9 Å². The van der Waals surface area contributed by atoms with Gasteiger partial charge in [-0.25, -0.2) is 0 Å². The first-order chi connectivity index (χ1) is 15.6. The molecule has 0 amide bonds. The van der Waals surface area contributed by atoms with Gasteiger partial charge in [0, 0.05) is 41.8 Å². The Morgan fingerprint density at radius 2 is 1.91 bits per heavy atom. The number of morpholine rings is 1. The number of hydrogen-bond donors (Lipinski definition) is 0. The number of allylic oxidation sites excluding steroid dienone is 1. The molecular formula is C25H27BrN2O4. The second kappa shape index (κ2) is 9.35. The third kappa shape index (κ3) is 4.48. The third-order valence-electron chi connectivity index (χ3n) is 6.20. The van der Waals surface area contributed by atoms with E-state index in [1.807, 2.05) is 37.3 Å². The summed E-state index contributed by atoms with van der Waals surface area (Å²) in [6.45, 7) is 9.05. The first kappa shape index (κ1) is 21.6. The first-order valence-corrected chi connectivity index (χ1v) is 11.9. The van der Waals surface area contributed by atoms with Crippen LogP contribution in [0.1, 0.15) is 33.5 Å². The summed E-state index contributed by atoms with van der Waals surface area (Å²) >= 11 is 3.47. The molecule has 3 aliphatic heterocycles. The number of Topliss-reactive ketones (excluding diaryl/α,β-unsaturated/α-hetero) is 1. The number of fused-ring (bicyclic) bond motifs is 2. The van der Waals surface area contributed by atoms with E-state index in [0.29, 0.717) is 23.8 Å². The highest BCUT2D eigenvalue weighted by Crippen LogP contribution is 2.43. The standard InChI is InChI=1S/C25H27BrN2O4/c1-17-24-19(15-28(16-31-24)7-3-6-27-8-10-30-11-9-27)14-21-23(29)22(32-25(17)21)13-18-4-2-5-20(26)12-18/h2,4-5,12-14H,3,6-11,15-16H2,1H3/b22-13-. The SMILES string of the molecule is Cc1c2c(cc3c1O/C(=C\c1cccc(Br)c1)C3=O)CN(CCCN1CCOCC1)CO2. The third-order valence-corrected chi connectivity index (χ3v) is 6.69. The zero-order valence-corrected chi connectivity index (χ0v) is 19.8. The topological polar surface area (TPSA) is 51.2 Å². The Kier molecular flexibility index (Phi) is 6.33. The van der Waals surface area contributed by atoms with Crippen LogP contribution in [0.25, 0.3) is 6.08 Å². The van der Waals surface area contributed by atoms with Crippen molar-refractivity contribution in [3.05, 3.63) is 62.8 Å². The predicted octanol–water partition coefficient (Wildman–Crippen LogP) is 4.25. The minimum atomic E-state index is -0.0738. The fourth-order valence-electron chi connectivity index (χ4n) is 4.53. The van der Waals surface area contributed by atoms with E-state index in [4.69, 9.17) is 14.2 Å². The molecule has 0 spiro atoms. The molecule has 3 aliphatic rings. The molecular weight excluding hydrogens is 472 g/mol. The second-order valence-electron chi connectivity index (χ2n) is 8.49. The minimum Gasteiger partial charge on any atom is -0.477 e. The van der Waals surface area contributed by atoms with Crippen molar-refractivity contribution in [3.63, 3.8) is 0 Å². The van der Waals surface area contributed by atoms with Crippen molar-refractivity contribution in [1.29, 1.82) is 0 Å². The number of rotatable bonds is 5. The Balaban J connectivity index is 1.29. The summed E-state index contributed by atoms with van der Waals surface area (Å²) in [6.07, 6.45) is 2.88. The number of carbonyl (C=O) groups excluding carboxylic acids is 1. The van der Waals surface area contributed by atoms with Crippen molar-refractivity contribution in [2.24, 2.45) is 0 Å². The van der Waals surface area contributed by atoms with Crippen LogP contribution in [-0.2, 0) is 11.3 Å². The molecule has 0 radical (unpaired) electrons. The Morgan fingerprint density at radius 3 is 2.72 bits per heavy atom. The summed E-state index contributed by atoms with van der Waals surface area (Å²) in [5.41, 5.74) is 3.50. The van der Waals surface area contributed by atoms with E-state index in [1.54, 1.807) is 6.08 Å². The van der Waals surface area contributed by atoms with Crippen LogP contribution in [0.3, 0.4) is 0 Å². The van der Waals surface area contributed by atoms with Gasteiger partial charge in [-0.3, -0.25) is 14.6 Å². The number of ether oxygens (including phenoxy) is 3. The molecule has 32 heavy (non-hydrogen) atoms. The predicted molar refractivity (Wildman–Crippen MR) is 126 cm³/mol. The lowest BCUT2D eigenvalue weighted by Gasteiger charge is -2.31. The average Bonchev–Trinajstić information content (AvgIpc) is 3.10. The number of carbonyl (C=O) groups is 1. The van der Waals surface area contributed by atoms with Crippen LogP contribution in [-0.4, -0.2) is 61.7 Å². The summed E-state index contributed by atoms with van der Waals surface area (Å²) < 4.78 is 18.5. The van der Waals surface area contributed by atoms with E-state index >= 15 is 0 Å². The van der Waals surface area contributed by atoms with E-state index in [-0.39, 0.29) is 5.78 Å². The van der Waals surface area contributed by atoms with Crippen molar-refractivity contribution >= 4 is 27.8 Å². The van der Waals surface area contributed by atoms with Gasteiger partial charge in [0.25, 0.3) is 0 Å². The number of hydrogen-bond acceptors (Lipinski definition) is 6. The van der Waals surface area contributed by atoms with Crippen molar-refractivity contribution in [3.8, 4) is 11.5 Å². The van der Waals surface area contributed by atoms with Crippen LogP contribution in [0, 0.1) is 6.92 Å². The molecule has 0 bridgehead atoms. The molecule has 0 unspecified atom stereocenters. The molecule has 0 N–H and O–H groups in total. The summed E-state index contributed by atoms with van der Waals surface area (Å²) in [4.78, 5) is 17.8. The maximum absolute atomic E-state index is 13.1. The van der Waals surface area contributed by atoms with E-state index in [2.05, 4.69) is 25.7 Å². The molecule has 5 rings (SSSR count). The van der Waals surface area contributed by atoms with Gasteiger partial charge in [-0.15, -0.1) is 0 Å². The average molecular weight is 499 g/mol. The quantitative estimate of drug-likeness (QED) is 0.574. The molecule has 6 nitrogen and oxygen atoms in total. The van der Waals surface area contributed by atoms with Crippen LogP contribution in [0.5, 0.6) is 11.5 Å². The highest BCUT2D eigenvalue weighted by molar-refractivity contribution is 9.10. The largest absolute Gasteiger partial charge is 0.477 e. The van der Waals surface area contributed by atoms with Gasteiger partial charge >= 0.3 is 0 Å². The van der Waals surface area contributed by atoms with E-state index in [9.17, 15) is 4.79 Å². The number of benzene rings is 2. The van der Waals surface area contributed by atoms with Gasteiger partial charge in [-0.2, -0.15) is 0 Å². The Labute approximate surface area is 196 Å². The second-order valence-corrected chi connectivity index (χ2v) is 9.41. The Bertz CT molecular complexity index is 1060. The lowest BCUT2D eigenvalue weighted by Crippen LogP contribution is -2.39. The van der Waals surface area contributed by atoms with Crippen LogP contribution in [0.2, 0.25) is 0 Å². The van der Waals surface area contributed by atoms with Crippen LogP contribution < -0.4 is 9.47 Å². The normalized spacial score (nSPS) is 20.1. The van der Waals surface area contributed by atoms with Gasteiger partial charge < -0.3 is 14.2 Å². The smallest absolute Gasteiger partial charge is 0.231 e. The zero-order valence-electron chi connectivity index (χ0n) is 18.2. The molecule has 0 atom stereocenters. The van der Waals surface area contributed by atoms with Gasteiger partial charge in [0.15, 0.2) is 5.76 Å². The fourth-order valence-corrected chi connectivity index (χ4v) is 4.95. The maximum atomic E-state index is 13.1. The molecule has 2 aromatic rings. The van der Waals surface area contributed by atoms with Crippen molar-refractivity contribution in [1.82, 2.24) is 9.80 Å². The fraction of sp³-hybridized carbons (Fsp3) is 0.400. The molecule has 2 aromatic carbocycles. The van der Waals surface area contributed by atoms with E-state index < -0.39 is 0 Å². The minimum absolute atomic E-state index is 0.0738. The van der Waals surface area contributed by atoms with E-state index in [1.165, 1.54) is 0 Å². The monoisotopic (exact) mass is 498 g/mol. The molecule has 0 aliphatic carbocycles. The van der Waals surface area contributed by atoms with Crippen molar-refractivity contribution in [2.75, 3.05) is 46.1 Å². The number of ketones is 1. The van der Waals surface area contributed by atoms with E-state index in [0.717, 1.165) is 79.3 Å². The summed E-state index contributed by atoms with van der Waals surface area (Å²) in [6, 6.07) is 9.76. The molecule has 7 heteroatoms. The highest BCUT2D eigenvalue weighted by atomic mass is 79.9. The molecule has 3 heterocycles. The number of nitrogens with zero attached hydrogens (tertiary/aromatic N) is 2. The molecule has 168 valence electrons. The van der Waals surface area contributed by atoms with Gasteiger partial charge in [-0.1, -0.05) is 28.1 Å². The lowest BCUT2D eigenvalue weighted by molar-refractivity contribution is 0.0329. The first-order valence-electron chi connectivity index (χ1n) is 11.1. The Morgan fingerprint density at radius 1 is 1.09 bits per heavy atom.